The van der Waals surface area contributed by atoms with E-state index in [1.54, 1.807) is 0 Å². The number of nitrogens with zero attached hydrogens (tertiary/aromatic N) is 7. The number of rotatable bonds is 5. The van der Waals surface area contributed by atoms with E-state index >= 15 is 0 Å². The van der Waals surface area contributed by atoms with Gasteiger partial charge in [0.2, 0.25) is 0 Å². The van der Waals surface area contributed by atoms with Crippen molar-refractivity contribution < 1.29 is 0 Å². The van der Waals surface area contributed by atoms with Crippen LogP contribution in [-0.2, 0) is 13.3 Å². The van der Waals surface area contributed by atoms with Gasteiger partial charge >= 0.3 is 0 Å². The second kappa shape index (κ2) is 6.94. The zero-order valence-corrected chi connectivity index (χ0v) is 15.6. The molecule has 0 aliphatic carbocycles. The molecule has 5 rings (SSSR count). The van der Waals surface area contributed by atoms with E-state index in [1.165, 1.54) is 0 Å². The van der Waals surface area contributed by atoms with Crippen LogP contribution in [0.15, 0.2) is 72.8 Å². The predicted molar refractivity (Wildman–Crippen MR) is 109 cm³/mol. The number of hydrogen-bond donors (Lipinski definition) is 0. The van der Waals surface area contributed by atoms with Crippen molar-refractivity contribution >= 4 is 39.4 Å². The predicted octanol–water partition coefficient (Wildman–Crippen LogP) is 3.95. The van der Waals surface area contributed by atoms with Crippen molar-refractivity contribution in [3.05, 3.63) is 77.8 Å². The van der Waals surface area contributed by atoms with Crippen LogP contribution in [0.5, 0.6) is 0 Å². The number of anilines is 1. The first-order valence-corrected chi connectivity index (χ1v) is 9.23. The Bertz CT molecular complexity index is 1170. The first kappa shape index (κ1) is 16.7. The summed E-state index contributed by atoms with van der Waals surface area (Å²) in [7, 11) is 0. The van der Waals surface area contributed by atoms with Gasteiger partial charge in [0, 0.05) is 10.7 Å². The van der Waals surface area contributed by atoms with E-state index in [0.717, 1.165) is 27.8 Å². The summed E-state index contributed by atoms with van der Waals surface area (Å²) in [5.41, 5.74) is 4.69. The standard InChI is InChI=1S/C20H16ClN7/c21-15-9-11-16(12-10-15)26(13-27-19-7-3-1-5-17(19)22-24-27)14-28-20-8-4-2-6-18(20)23-25-28/h1-12H,13-14H2. The summed E-state index contributed by atoms with van der Waals surface area (Å²) in [5.74, 6) is 0. The molecule has 138 valence electrons. The quantitative estimate of drug-likeness (QED) is 0.455. The fourth-order valence-electron chi connectivity index (χ4n) is 3.23. The number of aromatic nitrogens is 6. The largest absolute Gasteiger partial charge is 0.332 e. The minimum atomic E-state index is 0.510. The van der Waals surface area contributed by atoms with Crippen LogP contribution in [0, 0.1) is 0 Å². The van der Waals surface area contributed by atoms with Crippen LogP contribution in [-0.4, -0.2) is 30.0 Å². The Morgan fingerprint density at radius 3 is 1.71 bits per heavy atom. The highest BCUT2D eigenvalue weighted by Crippen LogP contribution is 2.21. The number of para-hydroxylation sites is 2. The topological polar surface area (TPSA) is 64.7 Å². The molecule has 0 aliphatic rings. The molecule has 0 amide bonds. The monoisotopic (exact) mass is 389 g/mol. The van der Waals surface area contributed by atoms with Gasteiger partial charge < -0.3 is 4.90 Å². The van der Waals surface area contributed by atoms with Crippen molar-refractivity contribution in [1.82, 2.24) is 30.0 Å². The van der Waals surface area contributed by atoms with Gasteiger partial charge in [0.1, 0.15) is 24.4 Å². The molecule has 0 spiro atoms. The van der Waals surface area contributed by atoms with Crippen molar-refractivity contribution in [1.29, 1.82) is 0 Å². The van der Waals surface area contributed by atoms with Gasteiger partial charge in [-0.2, -0.15) is 0 Å². The maximum Gasteiger partial charge on any atom is 0.116 e. The van der Waals surface area contributed by atoms with Gasteiger partial charge in [-0.1, -0.05) is 46.3 Å². The molecule has 0 fully saturated rings. The van der Waals surface area contributed by atoms with E-state index in [2.05, 4.69) is 25.5 Å². The minimum Gasteiger partial charge on any atom is -0.332 e. The molecular weight excluding hydrogens is 374 g/mol. The highest BCUT2D eigenvalue weighted by atomic mass is 35.5. The third-order valence-electron chi connectivity index (χ3n) is 4.64. The van der Waals surface area contributed by atoms with Gasteiger partial charge in [-0.25, -0.2) is 9.36 Å². The van der Waals surface area contributed by atoms with Gasteiger partial charge in [-0.15, -0.1) is 10.2 Å². The molecule has 0 aliphatic heterocycles. The molecule has 0 atom stereocenters. The molecule has 0 bridgehead atoms. The van der Waals surface area contributed by atoms with Gasteiger partial charge in [0.15, 0.2) is 0 Å². The highest BCUT2D eigenvalue weighted by molar-refractivity contribution is 6.30. The fraction of sp³-hybridized carbons (Fsp3) is 0.100. The Kier molecular flexibility index (Phi) is 4.14. The van der Waals surface area contributed by atoms with E-state index in [1.807, 2.05) is 82.2 Å². The normalized spacial score (nSPS) is 11.3. The first-order chi connectivity index (χ1) is 13.8. The Labute approximate surface area is 165 Å². The van der Waals surface area contributed by atoms with Crippen LogP contribution in [0.3, 0.4) is 0 Å². The number of hydrogen-bond acceptors (Lipinski definition) is 5. The molecule has 0 unspecified atom stereocenters. The van der Waals surface area contributed by atoms with E-state index in [9.17, 15) is 0 Å². The SMILES string of the molecule is Clc1ccc(N(Cn2nnc3ccccc32)Cn2nnc3ccccc32)cc1. The second-order valence-electron chi connectivity index (χ2n) is 6.45. The Morgan fingerprint density at radius 1 is 0.679 bits per heavy atom. The summed E-state index contributed by atoms with van der Waals surface area (Å²) in [5, 5.41) is 17.9. The Hall–Kier alpha value is -3.45. The molecule has 3 aromatic carbocycles. The smallest absolute Gasteiger partial charge is 0.116 e. The second-order valence-corrected chi connectivity index (χ2v) is 6.89. The van der Waals surface area contributed by atoms with Crippen LogP contribution in [0.2, 0.25) is 5.02 Å². The lowest BCUT2D eigenvalue weighted by molar-refractivity contribution is 0.498. The number of benzene rings is 3. The van der Waals surface area contributed by atoms with E-state index in [-0.39, 0.29) is 0 Å². The number of fused-ring (bicyclic) bond motifs is 2. The summed E-state index contributed by atoms with van der Waals surface area (Å²) in [4.78, 5) is 2.15. The Balaban J connectivity index is 1.54. The summed E-state index contributed by atoms with van der Waals surface area (Å²) >= 11 is 6.08. The average Bonchev–Trinajstić information content (AvgIpc) is 3.33. The van der Waals surface area contributed by atoms with Gasteiger partial charge in [0.05, 0.1) is 11.0 Å². The zero-order valence-electron chi connectivity index (χ0n) is 14.9. The molecule has 2 aromatic heterocycles. The zero-order chi connectivity index (χ0) is 18.9. The van der Waals surface area contributed by atoms with Crippen LogP contribution >= 0.6 is 11.6 Å². The first-order valence-electron chi connectivity index (χ1n) is 8.85. The summed E-state index contributed by atoms with van der Waals surface area (Å²) in [6.07, 6.45) is 0. The van der Waals surface area contributed by atoms with Crippen molar-refractivity contribution in [2.75, 3.05) is 4.90 Å². The van der Waals surface area contributed by atoms with E-state index in [4.69, 9.17) is 11.6 Å². The van der Waals surface area contributed by atoms with Crippen molar-refractivity contribution in [2.24, 2.45) is 0 Å². The van der Waals surface area contributed by atoms with Crippen molar-refractivity contribution in [3.8, 4) is 0 Å². The molecule has 5 aromatic rings. The van der Waals surface area contributed by atoms with Gasteiger partial charge in [-0.3, -0.25) is 0 Å². The minimum absolute atomic E-state index is 0.510. The highest BCUT2D eigenvalue weighted by Gasteiger charge is 2.14. The van der Waals surface area contributed by atoms with Crippen LogP contribution < -0.4 is 4.90 Å². The maximum absolute atomic E-state index is 6.08. The van der Waals surface area contributed by atoms with E-state index in [0.29, 0.717) is 18.4 Å². The lowest BCUT2D eigenvalue weighted by atomic mass is 10.3. The average molecular weight is 390 g/mol. The third kappa shape index (κ3) is 3.05. The maximum atomic E-state index is 6.08. The molecule has 0 saturated carbocycles. The molecule has 2 heterocycles. The molecule has 8 heteroatoms. The lowest BCUT2D eigenvalue weighted by Gasteiger charge is -2.25. The van der Waals surface area contributed by atoms with Crippen LogP contribution in [0.1, 0.15) is 0 Å². The Morgan fingerprint density at radius 2 is 1.18 bits per heavy atom. The molecule has 0 N–H and O–H groups in total. The summed E-state index contributed by atoms with van der Waals surface area (Å²) in [6, 6.07) is 23.6. The number of halogens is 1. The lowest BCUT2D eigenvalue weighted by Crippen LogP contribution is -2.29. The van der Waals surface area contributed by atoms with E-state index < -0.39 is 0 Å². The molecular formula is C20H16ClN7. The molecule has 0 radical (unpaired) electrons. The van der Waals surface area contributed by atoms with Gasteiger partial charge in [0.25, 0.3) is 0 Å². The van der Waals surface area contributed by atoms with Crippen molar-refractivity contribution in [2.45, 2.75) is 13.3 Å². The van der Waals surface area contributed by atoms with Crippen LogP contribution in [0.4, 0.5) is 5.69 Å². The summed E-state index contributed by atoms with van der Waals surface area (Å²) in [6.45, 7) is 1.02. The fourth-order valence-corrected chi connectivity index (χ4v) is 3.35. The molecule has 7 nitrogen and oxygen atoms in total. The molecule has 0 saturated heterocycles. The van der Waals surface area contributed by atoms with Gasteiger partial charge in [-0.05, 0) is 48.5 Å². The third-order valence-corrected chi connectivity index (χ3v) is 4.89. The van der Waals surface area contributed by atoms with Crippen LogP contribution in [0.25, 0.3) is 22.1 Å². The molecule has 28 heavy (non-hydrogen) atoms. The van der Waals surface area contributed by atoms with Crippen molar-refractivity contribution in [3.63, 3.8) is 0 Å². The summed E-state index contributed by atoms with van der Waals surface area (Å²) < 4.78 is 3.76.